The molecule has 208 valence electrons. The number of amides is 2. The van der Waals surface area contributed by atoms with Crippen molar-refractivity contribution < 1.29 is 22.7 Å². The van der Waals surface area contributed by atoms with E-state index in [-0.39, 0.29) is 37.4 Å². The zero-order valence-electron chi connectivity index (χ0n) is 23.2. The second-order valence-electron chi connectivity index (χ2n) is 10.3. The summed E-state index contributed by atoms with van der Waals surface area (Å²) in [5.74, 6) is 0.363. The fourth-order valence-corrected chi connectivity index (χ4v) is 5.89. The minimum atomic E-state index is -3.54. The number of sulfonamides is 1. The van der Waals surface area contributed by atoms with Gasteiger partial charge in [-0.2, -0.15) is 0 Å². The Morgan fingerprint density at radius 3 is 2.34 bits per heavy atom. The summed E-state index contributed by atoms with van der Waals surface area (Å²) >= 11 is 0. The normalized spacial score (nSPS) is 14.7. The molecule has 0 aliphatic heterocycles. The molecule has 1 fully saturated rings. The molecule has 8 nitrogen and oxygen atoms in total. The predicted molar refractivity (Wildman–Crippen MR) is 151 cm³/mol. The third kappa shape index (κ3) is 7.96. The molecule has 2 amide bonds. The molecule has 1 unspecified atom stereocenters. The fourth-order valence-electron chi connectivity index (χ4n) is 4.87. The van der Waals surface area contributed by atoms with E-state index in [9.17, 15) is 18.0 Å². The van der Waals surface area contributed by atoms with Gasteiger partial charge < -0.3 is 15.0 Å². The number of hydrogen-bond acceptors (Lipinski definition) is 5. The van der Waals surface area contributed by atoms with E-state index >= 15 is 0 Å². The maximum absolute atomic E-state index is 13.5. The van der Waals surface area contributed by atoms with E-state index in [0.717, 1.165) is 42.4 Å². The van der Waals surface area contributed by atoms with Gasteiger partial charge in [-0.3, -0.25) is 13.9 Å². The van der Waals surface area contributed by atoms with Crippen LogP contribution in [0.15, 0.2) is 42.5 Å². The van der Waals surface area contributed by atoms with Crippen LogP contribution in [0, 0.1) is 13.8 Å². The van der Waals surface area contributed by atoms with Crippen LogP contribution in [0.2, 0.25) is 0 Å². The number of benzene rings is 2. The molecule has 1 aliphatic carbocycles. The third-order valence-corrected chi connectivity index (χ3v) is 8.35. The molecular weight excluding hydrogens is 502 g/mol. The predicted octanol–water partition coefficient (Wildman–Crippen LogP) is 4.33. The van der Waals surface area contributed by atoms with Gasteiger partial charge in [0.05, 0.1) is 19.1 Å². The number of carbonyl (C=O) groups is 2. The summed E-state index contributed by atoms with van der Waals surface area (Å²) in [5, 5.41) is 3.10. The van der Waals surface area contributed by atoms with Gasteiger partial charge in [0.1, 0.15) is 11.8 Å². The summed E-state index contributed by atoms with van der Waals surface area (Å²) in [6.45, 7) is 5.99. The van der Waals surface area contributed by atoms with E-state index in [2.05, 4.69) is 5.32 Å². The minimum absolute atomic E-state index is 0.119. The van der Waals surface area contributed by atoms with Gasteiger partial charge in [-0.05, 0) is 74.9 Å². The van der Waals surface area contributed by atoms with Crippen LogP contribution < -0.4 is 14.4 Å². The molecule has 1 aliphatic rings. The summed E-state index contributed by atoms with van der Waals surface area (Å²) in [5.41, 5.74) is 3.32. The first-order valence-electron chi connectivity index (χ1n) is 13.3. The van der Waals surface area contributed by atoms with Gasteiger partial charge in [0.25, 0.3) is 0 Å². The van der Waals surface area contributed by atoms with E-state index < -0.39 is 16.1 Å². The molecule has 0 radical (unpaired) electrons. The Labute approximate surface area is 227 Å². The van der Waals surface area contributed by atoms with Crippen LogP contribution in [-0.4, -0.2) is 57.1 Å². The summed E-state index contributed by atoms with van der Waals surface area (Å²) < 4.78 is 31.9. The topological polar surface area (TPSA) is 96.0 Å². The molecule has 3 rings (SSSR count). The average Bonchev–Trinajstić information content (AvgIpc) is 3.39. The molecule has 2 aromatic rings. The number of hydrogen-bond donors (Lipinski definition) is 1. The van der Waals surface area contributed by atoms with Crippen molar-refractivity contribution in [1.29, 1.82) is 0 Å². The molecule has 0 aromatic heterocycles. The maximum Gasteiger partial charge on any atom is 0.242 e. The highest BCUT2D eigenvalue weighted by Gasteiger charge is 2.29. The van der Waals surface area contributed by atoms with E-state index in [1.54, 1.807) is 18.9 Å². The Morgan fingerprint density at radius 2 is 1.74 bits per heavy atom. The number of rotatable bonds is 12. The largest absolute Gasteiger partial charge is 0.497 e. The van der Waals surface area contributed by atoms with Crippen LogP contribution in [0.3, 0.4) is 0 Å². The lowest BCUT2D eigenvalue weighted by molar-refractivity contribution is -0.141. The maximum atomic E-state index is 13.5. The zero-order valence-corrected chi connectivity index (χ0v) is 24.0. The van der Waals surface area contributed by atoms with Crippen molar-refractivity contribution in [2.24, 2.45) is 0 Å². The highest BCUT2D eigenvalue weighted by Crippen LogP contribution is 2.25. The van der Waals surface area contributed by atoms with Crippen LogP contribution in [0.25, 0.3) is 0 Å². The number of anilines is 1. The molecule has 1 N–H and O–H groups in total. The fraction of sp³-hybridized carbons (Fsp3) is 0.517. The highest BCUT2D eigenvalue weighted by molar-refractivity contribution is 7.92. The molecule has 38 heavy (non-hydrogen) atoms. The Kier molecular flexibility index (Phi) is 10.2. The summed E-state index contributed by atoms with van der Waals surface area (Å²) in [6, 6.07) is 12.6. The van der Waals surface area contributed by atoms with E-state index in [1.165, 1.54) is 10.6 Å². The minimum Gasteiger partial charge on any atom is -0.497 e. The Bertz CT molecular complexity index is 1210. The van der Waals surface area contributed by atoms with Crippen molar-refractivity contribution in [3.05, 3.63) is 59.2 Å². The molecule has 0 heterocycles. The molecule has 0 bridgehead atoms. The van der Waals surface area contributed by atoms with Gasteiger partial charge in [0, 0.05) is 25.6 Å². The highest BCUT2D eigenvalue weighted by atomic mass is 32.2. The second kappa shape index (κ2) is 13.1. The average molecular weight is 544 g/mol. The molecule has 1 saturated carbocycles. The number of methoxy groups -OCH3 is 1. The SMILES string of the molecule is COc1ccc(CN(C(=O)CCCN(c2cc(C)ccc2C)S(C)(=O)=O)C(C)C(=O)NC2CCCC2)cc1. The lowest BCUT2D eigenvalue weighted by Crippen LogP contribution is -2.49. The Hall–Kier alpha value is -3.07. The molecule has 2 aromatic carbocycles. The third-order valence-electron chi connectivity index (χ3n) is 7.17. The van der Waals surface area contributed by atoms with Crippen molar-refractivity contribution in [3.8, 4) is 5.75 Å². The molecule has 9 heteroatoms. The first kappa shape index (κ1) is 29.5. The smallest absolute Gasteiger partial charge is 0.242 e. The molecule has 0 spiro atoms. The van der Waals surface area contributed by atoms with Crippen LogP contribution in [0.4, 0.5) is 5.69 Å². The lowest BCUT2D eigenvalue weighted by atomic mass is 10.1. The number of ether oxygens (including phenoxy) is 1. The van der Waals surface area contributed by atoms with Crippen molar-refractivity contribution in [2.75, 3.05) is 24.2 Å². The number of aryl methyl sites for hydroxylation is 2. The van der Waals surface area contributed by atoms with E-state index in [1.807, 2.05) is 56.3 Å². The van der Waals surface area contributed by atoms with Crippen molar-refractivity contribution in [1.82, 2.24) is 10.2 Å². The van der Waals surface area contributed by atoms with Crippen molar-refractivity contribution in [2.45, 2.75) is 77.9 Å². The van der Waals surface area contributed by atoms with Gasteiger partial charge in [-0.15, -0.1) is 0 Å². The van der Waals surface area contributed by atoms with Gasteiger partial charge >= 0.3 is 0 Å². The molecule has 0 saturated heterocycles. The van der Waals surface area contributed by atoms with Gasteiger partial charge in [0.15, 0.2) is 0 Å². The molecule has 1 atom stereocenters. The number of nitrogens with zero attached hydrogens (tertiary/aromatic N) is 2. The van der Waals surface area contributed by atoms with Crippen molar-refractivity contribution >= 4 is 27.5 Å². The van der Waals surface area contributed by atoms with Crippen LogP contribution >= 0.6 is 0 Å². The monoisotopic (exact) mass is 543 g/mol. The van der Waals surface area contributed by atoms with Gasteiger partial charge in [0.2, 0.25) is 21.8 Å². The second-order valence-corrected chi connectivity index (χ2v) is 12.2. The number of carbonyl (C=O) groups excluding carboxylic acids is 2. The Morgan fingerprint density at radius 1 is 1.08 bits per heavy atom. The first-order chi connectivity index (χ1) is 18.0. The zero-order chi connectivity index (χ0) is 27.9. The van der Waals surface area contributed by atoms with Crippen LogP contribution in [0.5, 0.6) is 5.75 Å². The molecular formula is C29H41N3O5S. The summed E-state index contributed by atoms with van der Waals surface area (Å²) in [4.78, 5) is 28.2. The lowest BCUT2D eigenvalue weighted by Gasteiger charge is -2.30. The van der Waals surface area contributed by atoms with Crippen LogP contribution in [-0.2, 0) is 26.2 Å². The van der Waals surface area contributed by atoms with Gasteiger partial charge in [-0.25, -0.2) is 8.42 Å². The summed E-state index contributed by atoms with van der Waals surface area (Å²) in [7, 11) is -1.95. The first-order valence-corrected chi connectivity index (χ1v) is 15.1. The van der Waals surface area contributed by atoms with E-state index in [0.29, 0.717) is 17.9 Å². The van der Waals surface area contributed by atoms with E-state index in [4.69, 9.17) is 4.74 Å². The summed E-state index contributed by atoms with van der Waals surface area (Å²) in [6.07, 6.45) is 5.76. The standard InChI is InChI=1S/C29H41N3O5S/c1-21-12-13-22(2)27(19-21)32(38(5,35)36)18-8-11-28(33)31(20-24-14-16-26(37-4)17-15-24)23(3)29(34)30-25-9-6-7-10-25/h12-17,19,23,25H,6-11,18,20H2,1-5H3,(H,30,34). The number of nitrogens with one attached hydrogen (secondary N) is 1. The van der Waals surface area contributed by atoms with Gasteiger partial charge in [-0.1, -0.05) is 37.1 Å². The van der Waals surface area contributed by atoms with Crippen LogP contribution in [0.1, 0.15) is 62.1 Å². The quantitative estimate of drug-likeness (QED) is 0.430. The Balaban J connectivity index is 1.74. The van der Waals surface area contributed by atoms with Crippen molar-refractivity contribution in [3.63, 3.8) is 0 Å².